The molecule has 1 heterocycles. The fraction of sp³-hybridized carbons (Fsp3) is 0.125. The monoisotopic (exact) mass is 281 g/mol. The maximum absolute atomic E-state index is 12.2. The molecule has 0 bridgehead atoms. The van der Waals surface area contributed by atoms with E-state index in [1.807, 2.05) is 30.3 Å². The number of carbonyl (C=O) groups excluding carboxylic acids is 1. The summed E-state index contributed by atoms with van der Waals surface area (Å²) in [5.74, 6) is 0.662. The Labute approximate surface area is 121 Å². The van der Waals surface area contributed by atoms with Crippen LogP contribution in [0, 0.1) is 0 Å². The molecular formula is C16H15N3O2. The number of H-pyrrole nitrogens is 1. The maximum Gasteiger partial charge on any atom is 0.251 e. The van der Waals surface area contributed by atoms with Crippen LogP contribution in [0.5, 0.6) is 5.75 Å². The van der Waals surface area contributed by atoms with E-state index in [1.54, 1.807) is 25.4 Å². The van der Waals surface area contributed by atoms with Crippen molar-refractivity contribution in [2.75, 3.05) is 7.11 Å². The number of aromatic amines is 1. The molecule has 5 nitrogen and oxygen atoms in total. The molecule has 2 aromatic carbocycles. The Morgan fingerprint density at radius 2 is 2.19 bits per heavy atom. The van der Waals surface area contributed by atoms with Gasteiger partial charge in [-0.25, -0.2) is 0 Å². The molecule has 0 saturated heterocycles. The highest BCUT2D eigenvalue weighted by molar-refractivity contribution is 5.97. The third-order valence-electron chi connectivity index (χ3n) is 3.29. The van der Waals surface area contributed by atoms with Crippen LogP contribution in [0.15, 0.2) is 48.7 Å². The van der Waals surface area contributed by atoms with Crippen LogP contribution >= 0.6 is 0 Å². The van der Waals surface area contributed by atoms with Gasteiger partial charge in [-0.2, -0.15) is 5.10 Å². The van der Waals surface area contributed by atoms with Crippen LogP contribution in [0.25, 0.3) is 10.9 Å². The summed E-state index contributed by atoms with van der Waals surface area (Å²) in [5.41, 5.74) is 2.45. The number of methoxy groups -OCH3 is 1. The third kappa shape index (κ3) is 2.86. The highest BCUT2D eigenvalue weighted by Crippen LogP contribution is 2.14. The topological polar surface area (TPSA) is 67.0 Å². The molecule has 2 N–H and O–H groups in total. The first-order valence-corrected chi connectivity index (χ1v) is 6.60. The molecule has 5 heteroatoms. The van der Waals surface area contributed by atoms with E-state index in [0.717, 1.165) is 22.2 Å². The van der Waals surface area contributed by atoms with Crippen molar-refractivity contribution in [1.29, 1.82) is 0 Å². The standard InChI is InChI=1S/C16H15N3O2/c1-21-14-4-2-3-11(7-14)9-17-16(20)12-5-6-13-10-18-19-15(13)8-12/h2-8,10H,9H2,1H3,(H,17,20)(H,18,19). The lowest BCUT2D eigenvalue weighted by Crippen LogP contribution is -2.22. The number of hydrogen-bond acceptors (Lipinski definition) is 3. The lowest BCUT2D eigenvalue weighted by atomic mass is 10.1. The predicted octanol–water partition coefficient (Wildman–Crippen LogP) is 2.50. The molecule has 0 unspecified atom stereocenters. The summed E-state index contributed by atoms with van der Waals surface area (Å²) < 4.78 is 5.16. The summed E-state index contributed by atoms with van der Waals surface area (Å²) in [7, 11) is 1.62. The molecular weight excluding hydrogens is 266 g/mol. The van der Waals surface area contributed by atoms with E-state index in [-0.39, 0.29) is 5.91 Å². The van der Waals surface area contributed by atoms with Crippen LogP contribution in [0.4, 0.5) is 0 Å². The van der Waals surface area contributed by atoms with Gasteiger partial charge < -0.3 is 10.1 Å². The summed E-state index contributed by atoms with van der Waals surface area (Å²) in [6.07, 6.45) is 1.73. The molecule has 1 amide bonds. The van der Waals surface area contributed by atoms with Gasteiger partial charge in [0.2, 0.25) is 0 Å². The molecule has 0 aliphatic rings. The second kappa shape index (κ2) is 5.66. The Bertz CT molecular complexity index is 780. The van der Waals surface area contributed by atoms with Crippen molar-refractivity contribution in [2.24, 2.45) is 0 Å². The van der Waals surface area contributed by atoms with E-state index in [9.17, 15) is 4.79 Å². The molecule has 0 atom stereocenters. The Morgan fingerprint density at radius 3 is 3.05 bits per heavy atom. The average molecular weight is 281 g/mol. The summed E-state index contributed by atoms with van der Waals surface area (Å²) >= 11 is 0. The first-order chi connectivity index (χ1) is 10.3. The SMILES string of the molecule is COc1cccc(CNC(=O)c2ccc3cn[nH]c3c2)c1. The quantitative estimate of drug-likeness (QED) is 0.772. The van der Waals surface area contributed by atoms with E-state index in [0.29, 0.717) is 12.1 Å². The van der Waals surface area contributed by atoms with E-state index in [1.165, 1.54) is 0 Å². The highest BCUT2D eigenvalue weighted by Gasteiger charge is 2.07. The Morgan fingerprint density at radius 1 is 1.29 bits per heavy atom. The molecule has 3 rings (SSSR count). The van der Waals surface area contributed by atoms with Gasteiger partial charge in [0.05, 0.1) is 18.8 Å². The Balaban J connectivity index is 1.70. The molecule has 3 aromatic rings. The number of ether oxygens (including phenoxy) is 1. The number of rotatable bonds is 4. The number of benzene rings is 2. The van der Waals surface area contributed by atoms with Gasteiger partial charge in [0.15, 0.2) is 0 Å². The molecule has 0 fully saturated rings. The molecule has 0 spiro atoms. The average Bonchev–Trinajstić information content (AvgIpc) is 3.00. The van der Waals surface area contributed by atoms with Gasteiger partial charge in [-0.15, -0.1) is 0 Å². The number of carbonyl (C=O) groups is 1. The van der Waals surface area contributed by atoms with Crippen molar-refractivity contribution >= 4 is 16.8 Å². The van der Waals surface area contributed by atoms with Crippen molar-refractivity contribution in [2.45, 2.75) is 6.54 Å². The lowest BCUT2D eigenvalue weighted by Gasteiger charge is -2.07. The number of amides is 1. The van der Waals surface area contributed by atoms with Crippen LogP contribution in [0.1, 0.15) is 15.9 Å². The fourth-order valence-corrected chi connectivity index (χ4v) is 2.15. The van der Waals surface area contributed by atoms with Gasteiger partial charge in [-0.05, 0) is 29.8 Å². The fourth-order valence-electron chi connectivity index (χ4n) is 2.15. The highest BCUT2D eigenvalue weighted by atomic mass is 16.5. The number of hydrogen-bond donors (Lipinski definition) is 2. The van der Waals surface area contributed by atoms with E-state index in [4.69, 9.17) is 4.74 Å². The second-order valence-corrected chi connectivity index (χ2v) is 4.71. The first-order valence-electron chi connectivity index (χ1n) is 6.60. The van der Waals surface area contributed by atoms with Gasteiger partial charge in [-0.1, -0.05) is 18.2 Å². The Kier molecular flexibility index (Phi) is 3.55. The minimum atomic E-state index is -0.116. The van der Waals surface area contributed by atoms with Gasteiger partial charge in [0, 0.05) is 17.5 Å². The van der Waals surface area contributed by atoms with Crippen LogP contribution in [0.2, 0.25) is 0 Å². The number of nitrogens with one attached hydrogen (secondary N) is 2. The summed E-state index contributed by atoms with van der Waals surface area (Å²) in [5, 5.41) is 10.7. The second-order valence-electron chi connectivity index (χ2n) is 4.71. The maximum atomic E-state index is 12.2. The van der Waals surface area contributed by atoms with Crippen LogP contribution in [-0.2, 0) is 6.54 Å². The minimum absolute atomic E-state index is 0.116. The normalized spacial score (nSPS) is 10.5. The van der Waals surface area contributed by atoms with Crippen molar-refractivity contribution in [3.8, 4) is 5.75 Å². The summed E-state index contributed by atoms with van der Waals surface area (Å²) in [4.78, 5) is 12.2. The molecule has 0 radical (unpaired) electrons. The van der Waals surface area contributed by atoms with Gasteiger partial charge in [0.1, 0.15) is 5.75 Å². The van der Waals surface area contributed by atoms with Crippen molar-refractivity contribution in [1.82, 2.24) is 15.5 Å². The third-order valence-corrected chi connectivity index (χ3v) is 3.29. The molecule has 0 aliphatic heterocycles. The summed E-state index contributed by atoms with van der Waals surface area (Å²) in [6, 6.07) is 13.1. The van der Waals surface area contributed by atoms with Crippen molar-refractivity contribution in [3.63, 3.8) is 0 Å². The van der Waals surface area contributed by atoms with Crippen molar-refractivity contribution < 1.29 is 9.53 Å². The molecule has 106 valence electrons. The van der Waals surface area contributed by atoms with Crippen LogP contribution in [0.3, 0.4) is 0 Å². The predicted molar refractivity (Wildman–Crippen MR) is 80.3 cm³/mol. The van der Waals surface area contributed by atoms with Crippen molar-refractivity contribution in [3.05, 3.63) is 59.8 Å². The molecule has 1 aromatic heterocycles. The van der Waals surface area contributed by atoms with E-state index < -0.39 is 0 Å². The zero-order chi connectivity index (χ0) is 14.7. The molecule has 0 aliphatic carbocycles. The Hall–Kier alpha value is -2.82. The largest absolute Gasteiger partial charge is 0.497 e. The summed E-state index contributed by atoms with van der Waals surface area (Å²) in [6.45, 7) is 0.455. The van der Waals surface area contributed by atoms with Gasteiger partial charge in [-0.3, -0.25) is 9.89 Å². The van der Waals surface area contributed by atoms with Gasteiger partial charge >= 0.3 is 0 Å². The first kappa shape index (κ1) is 13.2. The zero-order valence-electron chi connectivity index (χ0n) is 11.6. The minimum Gasteiger partial charge on any atom is -0.497 e. The van der Waals surface area contributed by atoms with Gasteiger partial charge in [0.25, 0.3) is 5.91 Å². The van der Waals surface area contributed by atoms with Crippen LogP contribution < -0.4 is 10.1 Å². The lowest BCUT2D eigenvalue weighted by molar-refractivity contribution is 0.0951. The smallest absolute Gasteiger partial charge is 0.251 e. The number of aromatic nitrogens is 2. The number of nitrogens with zero attached hydrogens (tertiary/aromatic N) is 1. The van der Waals surface area contributed by atoms with E-state index in [2.05, 4.69) is 15.5 Å². The molecule has 0 saturated carbocycles. The number of fused-ring (bicyclic) bond motifs is 1. The zero-order valence-corrected chi connectivity index (χ0v) is 11.6. The van der Waals surface area contributed by atoms with Crippen LogP contribution in [-0.4, -0.2) is 23.2 Å². The van der Waals surface area contributed by atoms with E-state index >= 15 is 0 Å². The molecule has 21 heavy (non-hydrogen) atoms.